The van der Waals surface area contributed by atoms with Gasteiger partial charge in [-0.05, 0) is 51.4 Å². The van der Waals surface area contributed by atoms with E-state index in [-0.39, 0.29) is 18.5 Å². The van der Waals surface area contributed by atoms with Gasteiger partial charge in [0.1, 0.15) is 0 Å². The fourth-order valence-electron chi connectivity index (χ4n) is 10.7. The summed E-state index contributed by atoms with van der Waals surface area (Å²) in [7, 11) is 0. The van der Waals surface area contributed by atoms with E-state index in [1.54, 1.807) is 0 Å². The van der Waals surface area contributed by atoms with E-state index >= 15 is 0 Å². The zero-order valence-electron chi connectivity index (χ0n) is 49.6. The molecule has 434 valence electrons. The number of esters is 1. The number of unbranched alkanes of at least 4 members (excludes halogenated alkanes) is 50. The van der Waals surface area contributed by atoms with Crippen LogP contribution in [0.4, 0.5) is 0 Å². The number of aliphatic hydroxyl groups excluding tert-OH is 2. The lowest BCUT2D eigenvalue weighted by Crippen LogP contribution is -2.45. The Bertz CT molecular complexity index is 1100. The summed E-state index contributed by atoms with van der Waals surface area (Å²) in [6, 6.07) is -0.537. The zero-order valence-corrected chi connectivity index (χ0v) is 49.6. The van der Waals surface area contributed by atoms with Gasteiger partial charge in [0, 0.05) is 12.8 Å². The normalized spacial score (nSPS) is 12.5. The quantitative estimate of drug-likeness (QED) is 0.0320. The maximum absolute atomic E-state index is 12.4. The Morgan fingerprint density at radius 1 is 0.370 bits per heavy atom. The second-order valence-corrected chi connectivity index (χ2v) is 23.2. The van der Waals surface area contributed by atoms with Crippen molar-refractivity contribution in [1.29, 1.82) is 0 Å². The van der Waals surface area contributed by atoms with Crippen LogP contribution in [0, 0.1) is 0 Å². The molecule has 0 aliphatic rings. The number of hydrogen-bond donors (Lipinski definition) is 3. The molecule has 0 fully saturated rings. The molecule has 0 aromatic rings. The number of allylic oxidation sites excluding steroid dienone is 2. The van der Waals surface area contributed by atoms with Crippen molar-refractivity contribution in [2.45, 2.75) is 392 Å². The van der Waals surface area contributed by atoms with Crippen molar-refractivity contribution in [3.63, 3.8) is 0 Å². The standard InChI is InChI=1S/C67H131NO5/c1-3-5-7-9-11-13-14-15-16-31-35-38-41-45-49-53-57-61-67(72)73-62-58-54-50-46-42-39-36-33-30-28-26-24-22-20-18-17-19-21-23-25-27-29-32-34-37-40-44-48-52-56-60-66(71)68-64(63-69)65(70)59-55-51-47-43-12-10-8-6-4-2/h18,20,64-65,69-70H,3-17,19,21-63H2,1-2H3,(H,68,71)/b20-18-. The van der Waals surface area contributed by atoms with Gasteiger partial charge in [-0.1, -0.05) is 328 Å². The first kappa shape index (κ1) is 71.6. The Balaban J connectivity index is 3.31. The van der Waals surface area contributed by atoms with Crippen LogP contribution in [0.15, 0.2) is 12.2 Å². The first-order valence-electron chi connectivity index (χ1n) is 33.4. The van der Waals surface area contributed by atoms with Crippen LogP contribution >= 0.6 is 0 Å². The van der Waals surface area contributed by atoms with Gasteiger partial charge in [0.15, 0.2) is 0 Å². The van der Waals surface area contributed by atoms with Crippen LogP contribution < -0.4 is 5.32 Å². The molecule has 0 saturated carbocycles. The summed E-state index contributed by atoms with van der Waals surface area (Å²) in [6.07, 6.45) is 76.9. The molecule has 0 saturated heterocycles. The fraction of sp³-hybridized carbons (Fsp3) is 0.940. The van der Waals surface area contributed by atoms with Gasteiger partial charge in [-0.2, -0.15) is 0 Å². The molecule has 73 heavy (non-hydrogen) atoms. The van der Waals surface area contributed by atoms with Crippen molar-refractivity contribution in [2.24, 2.45) is 0 Å². The molecule has 0 aliphatic heterocycles. The third-order valence-electron chi connectivity index (χ3n) is 15.8. The lowest BCUT2D eigenvalue weighted by atomic mass is 10.0. The van der Waals surface area contributed by atoms with E-state index in [4.69, 9.17) is 4.74 Å². The second-order valence-electron chi connectivity index (χ2n) is 23.2. The summed E-state index contributed by atoms with van der Waals surface area (Å²) in [4.78, 5) is 24.5. The molecule has 0 aliphatic carbocycles. The van der Waals surface area contributed by atoms with Gasteiger partial charge >= 0.3 is 5.97 Å². The van der Waals surface area contributed by atoms with Crippen molar-refractivity contribution in [3.8, 4) is 0 Å². The molecule has 2 unspecified atom stereocenters. The molecule has 0 bridgehead atoms. The average Bonchev–Trinajstić information content (AvgIpc) is 3.39. The smallest absolute Gasteiger partial charge is 0.305 e. The highest BCUT2D eigenvalue weighted by molar-refractivity contribution is 5.76. The Hall–Kier alpha value is -1.40. The van der Waals surface area contributed by atoms with Crippen LogP contribution in [0.1, 0.15) is 380 Å². The molecule has 3 N–H and O–H groups in total. The Morgan fingerprint density at radius 2 is 0.644 bits per heavy atom. The molecule has 2 atom stereocenters. The van der Waals surface area contributed by atoms with Crippen LogP contribution in [0.5, 0.6) is 0 Å². The van der Waals surface area contributed by atoms with Crippen molar-refractivity contribution in [3.05, 3.63) is 12.2 Å². The Morgan fingerprint density at radius 3 is 0.973 bits per heavy atom. The van der Waals surface area contributed by atoms with Crippen LogP contribution in [0.25, 0.3) is 0 Å². The monoisotopic (exact) mass is 1030 g/mol. The summed E-state index contributed by atoms with van der Waals surface area (Å²) < 4.78 is 5.50. The third-order valence-corrected chi connectivity index (χ3v) is 15.8. The van der Waals surface area contributed by atoms with E-state index in [0.29, 0.717) is 25.9 Å². The van der Waals surface area contributed by atoms with E-state index in [1.165, 1.54) is 308 Å². The Labute approximate surface area is 457 Å². The van der Waals surface area contributed by atoms with Gasteiger partial charge in [0.05, 0.1) is 25.4 Å². The maximum atomic E-state index is 12.4. The first-order chi connectivity index (χ1) is 36.0. The molecule has 6 heteroatoms. The number of amides is 1. The van der Waals surface area contributed by atoms with Crippen LogP contribution in [-0.2, 0) is 14.3 Å². The van der Waals surface area contributed by atoms with E-state index in [1.807, 2.05) is 0 Å². The summed E-state index contributed by atoms with van der Waals surface area (Å²) >= 11 is 0. The number of hydrogen-bond acceptors (Lipinski definition) is 5. The number of rotatable bonds is 63. The van der Waals surface area contributed by atoms with E-state index in [9.17, 15) is 19.8 Å². The molecule has 0 aromatic heterocycles. The lowest BCUT2D eigenvalue weighted by molar-refractivity contribution is -0.143. The lowest BCUT2D eigenvalue weighted by Gasteiger charge is -2.22. The second kappa shape index (κ2) is 63.1. The van der Waals surface area contributed by atoms with Crippen molar-refractivity contribution in [2.75, 3.05) is 13.2 Å². The largest absolute Gasteiger partial charge is 0.466 e. The molecule has 0 aromatic carbocycles. The van der Waals surface area contributed by atoms with Gasteiger partial charge in [-0.15, -0.1) is 0 Å². The van der Waals surface area contributed by atoms with Gasteiger partial charge in [0.25, 0.3) is 0 Å². The van der Waals surface area contributed by atoms with Crippen LogP contribution in [-0.4, -0.2) is 47.4 Å². The SMILES string of the molecule is CCCCCCCCCCCCCCCCCCCC(=O)OCCCCCCCCCCCCCC/C=C\CCCCCCCCCCCCCCCCC(=O)NC(CO)C(O)CCCCCCCCCCC. The molecule has 0 spiro atoms. The summed E-state index contributed by atoms with van der Waals surface area (Å²) in [5, 5.41) is 23.1. The number of aliphatic hydroxyl groups is 2. The summed E-state index contributed by atoms with van der Waals surface area (Å²) in [6.45, 7) is 4.97. The molecule has 1 amide bonds. The number of nitrogens with one attached hydrogen (secondary N) is 1. The van der Waals surface area contributed by atoms with Crippen molar-refractivity contribution in [1.82, 2.24) is 5.32 Å². The van der Waals surface area contributed by atoms with Crippen LogP contribution in [0.3, 0.4) is 0 Å². The van der Waals surface area contributed by atoms with Gasteiger partial charge in [-0.3, -0.25) is 9.59 Å². The van der Waals surface area contributed by atoms with Gasteiger partial charge < -0.3 is 20.3 Å². The van der Waals surface area contributed by atoms with Crippen LogP contribution in [0.2, 0.25) is 0 Å². The zero-order chi connectivity index (χ0) is 52.9. The summed E-state index contributed by atoms with van der Waals surface area (Å²) in [5.41, 5.74) is 0. The highest BCUT2D eigenvalue weighted by atomic mass is 16.5. The highest BCUT2D eigenvalue weighted by Crippen LogP contribution is 2.18. The number of carbonyl (C=O) groups excluding carboxylic acids is 2. The van der Waals surface area contributed by atoms with Crippen molar-refractivity contribution < 1.29 is 24.5 Å². The topological polar surface area (TPSA) is 95.9 Å². The maximum Gasteiger partial charge on any atom is 0.305 e. The number of carbonyl (C=O) groups is 2. The minimum Gasteiger partial charge on any atom is -0.466 e. The number of ether oxygens (including phenoxy) is 1. The van der Waals surface area contributed by atoms with Gasteiger partial charge in [-0.25, -0.2) is 0 Å². The summed E-state index contributed by atoms with van der Waals surface area (Å²) in [5.74, 6) is -0.0124. The molecule has 0 heterocycles. The molecule has 0 rings (SSSR count). The molecular weight excluding hydrogens is 899 g/mol. The molecular formula is C67H131NO5. The Kier molecular flexibility index (Phi) is 61.9. The molecule has 6 nitrogen and oxygen atoms in total. The van der Waals surface area contributed by atoms with E-state index < -0.39 is 12.1 Å². The highest BCUT2D eigenvalue weighted by Gasteiger charge is 2.20. The first-order valence-corrected chi connectivity index (χ1v) is 33.4. The fourth-order valence-corrected chi connectivity index (χ4v) is 10.7. The predicted octanol–water partition coefficient (Wildman–Crippen LogP) is 21.2. The predicted molar refractivity (Wildman–Crippen MR) is 320 cm³/mol. The van der Waals surface area contributed by atoms with Crippen molar-refractivity contribution >= 4 is 11.9 Å². The average molecular weight is 1030 g/mol. The molecule has 0 radical (unpaired) electrons. The van der Waals surface area contributed by atoms with E-state index in [2.05, 4.69) is 31.3 Å². The minimum atomic E-state index is -0.660. The van der Waals surface area contributed by atoms with E-state index in [0.717, 1.165) is 38.5 Å². The minimum absolute atomic E-state index is 0.0217. The third kappa shape index (κ3) is 59.7. The van der Waals surface area contributed by atoms with Gasteiger partial charge in [0.2, 0.25) is 5.91 Å².